The minimum Gasteiger partial charge on any atom is -0.329 e. The number of nitrogens with two attached hydrogens (primary N) is 1. The molecule has 0 aromatic heterocycles. The lowest BCUT2D eigenvalue weighted by Gasteiger charge is -2.22. The van der Waals surface area contributed by atoms with Crippen molar-refractivity contribution in [3.8, 4) is 11.8 Å². The van der Waals surface area contributed by atoms with Crippen LogP contribution in [0.25, 0.3) is 0 Å². The van der Waals surface area contributed by atoms with E-state index in [1.54, 1.807) is 0 Å². The van der Waals surface area contributed by atoms with Crippen LogP contribution in [0, 0.1) is 17.8 Å². The van der Waals surface area contributed by atoms with Crippen LogP contribution in [0.5, 0.6) is 0 Å². The van der Waals surface area contributed by atoms with Crippen molar-refractivity contribution >= 4 is 0 Å². The van der Waals surface area contributed by atoms with E-state index in [4.69, 9.17) is 5.73 Å². The third-order valence-electron chi connectivity index (χ3n) is 2.31. The van der Waals surface area contributed by atoms with Crippen molar-refractivity contribution in [2.24, 2.45) is 11.7 Å². The highest BCUT2D eigenvalue weighted by Crippen LogP contribution is 2.09. The molecule has 0 aliphatic heterocycles. The zero-order chi connectivity index (χ0) is 10.1. The van der Waals surface area contributed by atoms with E-state index in [1.807, 2.05) is 6.92 Å². The van der Waals surface area contributed by atoms with Gasteiger partial charge in [0.1, 0.15) is 0 Å². The van der Waals surface area contributed by atoms with Crippen molar-refractivity contribution in [3.63, 3.8) is 0 Å². The molecule has 0 saturated carbocycles. The number of hydrogen-bond acceptors (Lipinski definition) is 2. The zero-order valence-electron chi connectivity index (χ0n) is 9.06. The Morgan fingerprint density at radius 1 is 1.46 bits per heavy atom. The standard InChI is InChI=1S/C11H22N2/c1-4-6-8-13-11(9-12)10(3)7-5-2/h10-11,13H,5,7-9,12H2,1-3H3. The predicted octanol–water partition coefficient (Wildman–Crippen LogP) is 1.36. The van der Waals surface area contributed by atoms with Gasteiger partial charge in [0, 0.05) is 12.6 Å². The van der Waals surface area contributed by atoms with Crippen LogP contribution in [0.1, 0.15) is 33.6 Å². The second-order valence-corrected chi connectivity index (χ2v) is 3.42. The van der Waals surface area contributed by atoms with Crippen molar-refractivity contribution in [2.75, 3.05) is 13.1 Å². The van der Waals surface area contributed by atoms with Gasteiger partial charge < -0.3 is 11.1 Å². The second-order valence-electron chi connectivity index (χ2n) is 3.42. The zero-order valence-corrected chi connectivity index (χ0v) is 9.06. The molecule has 2 nitrogen and oxygen atoms in total. The van der Waals surface area contributed by atoms with Crippen LogP contribution in [-0.4, -0.2) is 19.1 Å². The van der Waals surface area contributed by atoms with E-state index in [-0.39, 0.29) is 0 Å². The van der Waals surface area contributed by atoms with E-state index in [9.17, 15) is 0 Å². The van der Waals surface area contributed by atoms with E-state index < -0.39 is 0 Å². The Balaban J connectivity index is 3.77. The minimum absolute atomic E-state index is 0.417. The number of rotatable bonds is 6. The van der Waals surface area contributed by atoms with Crippen LogP contribution in [0.2, 0.25) is 0 Å². The maximum absolute atomic E-state index is 5.68. The highest BCUT2D eigenvalue weighted by Gasteiger charge is 2.12. The molecule has 76 valence electrons. The molecular formula is C11H22N2. The van der Waals surface area contributed by atoms with Crippen LogP contribution in [0.15, 0.2) is 0 Å². The summed E-state index contributed by atoms with van der Waals surface area (Å²) in [6.07, 6.45) is 2.45. The molecule has 0 aliphatic carbocycles. The average molecular weight is 182 g/mol. The van der Waals surface area contributed by atoms with Gasteiger partial charge in [0.05, 0.1) is 6.54 Å². The van der Waals surface area contributed by atoms with E-state index in [0.29, 0.717) is 18.5 Å². The summed E-state index contributed by atoms with van der Waals surface area (Å²) >= 11 is 0. The first kappa shape index (κ1) is 12.5. The largest absolute Gasteiger partial charge is 0.329 e. The molecule has 2 heteroatoms. The molecule has 13 heavy (non-hydrogen) atoms. The Morgan fingerprint density at radius 3 is 2.62 bits per heavy atom. The first-order valence-electron chi connectivity index (χ1n) is 5.09. The summed E-state index contributed by atoms with van der Waals surface area (Å²) in [6, 6.07) is 0.417. The van der Waals surface area contributed by atoms with Crippen LogP contribution in [0.3, 0.4) is 0 Å². The van der Waals surface area contributed by atoms with Crippen LogP contribution in [-0.2, 0) is 0 Å². The van der Waals surface area contributed by atoms with Crippen LogP contribution in [0.4, 0.5) is 0 Å². The molecule has 0 amide bonds. The summed E-state index contributed by atoms with van der Waals surface area (Å²) in [6.45, 7) is 7.76. The van der Waals surface area contributed by atoms with Crippen LogP contribution >= 0.6 is 0 Å². The molecule has 3 N–H and O–H groups in total. The lowest BCUT2D eigenvalue weighted by Crippen LogP contribution is -2.41. The topological polar surface area (TPSA) is 38.0 Å². The smallest absolute Gasteiger partial charge is 0.0579 e. The predicted molar refractivity (Wildman–Crippen MR) is 58.4 cm³/mol. The summed E-state index contributed by atoms with van der Waals surface area (Å²) in [7, 11) is 0. The fraction of sp³-hybridized carbons (Fsp3) is 0.818. The Kier molecular flexibility index (Phi) is 7.77. The molecule has 0 fully saturated rings. The lowest BCUT2D eigenvalue weighted by atomic mass is 9.97. The fourth-order valence-corrected chi connectivity index (χ4v) is 1.44. The summed E-state index contributed by atoms with van der Waals surface area (Å²) in [5.74, 6) is 6.51. The van der Waals surface area contributed by atoms with Gasteiger partial charge in [-0.15, -0.1) is 5.92 Å². The summed E-state index contributed by atoms with van der Waals surface area (Å²) < 4.78 is 0. The molecular weight excluding hydrogens is 160 g/mol. The van der Waals surface area contributed by atoms with Crippen molar-refractivity contribution in [1.82, 2.24) is 5.32 Å². The van der Waals surface area contributed by atoms with Gasteiger partial charge in [-0.25, -0.2) is 0 Å². The van der Waals surface area contributed by atoms with Gasteiger partial charge in [0.15, 0.2) is 0 Å². The number of hydrogen-bond donors (Lipinski definition) is 2. The molecule has 2 unspecified atom stereocenters. The monoisotopic (exact) mass is 182 g/mol. The third kappa shape index (κ3) is 5.68. The summed E-state index contributed by atoms with van der Waals surface area (Å²) in [4.78, 5) is 0. The maximum Gasteiger partial charge on any atom is 0.0579 e. The molecule has 0 heterocycles. The second kappa shape index (κ2) is 8.10. The van der Waals surface area contributed by atoms with Gasteiger partial charge in [0.2, 0.25) is 0 Å². The van der Waals surface area contributed by atoms with Crippen LogP contribution < -0.4 is 11.1 Å². The molecule has 0 bridgehead atoms. The van der Waals surface area contributed by atoms with Gasteiger partial charge in [-0.05, 0) is 19.3 Å². The van der Waals surface area contributed by atoms with Crippen molar-refractivity contribution in [2.45, 2.75) is 39.7 Å². The molecule has 0 aromatic carbocycles. The summed E-state index contributed by atoms with van der Waals surface area (Å²) in [5.41, 5.74) is 5.68. The fourth-order valence-electron chi connectivity index (χ4n) is 1.44. The quantitative estimate of drug-likeness (QED) is 0.609. The average Bonchev–Trinajstić information content (AvgIpc) is 2.13. The van der Waals surface area contributed by atoms with E-state index in [0.717, 1.165) is 6.54 Å². The van der Waals surface area contributed by atoms with E-state index >= 15 is 0 Å². The highest BCUT2D eigenvalue weighted by atomic mass is 14.9. The first-order chi connectivity index (χ1) is 6.26. The molecule has 0 aromatic rings. The SMILES string of the molecule is CC#CCNC(CN)C(C)CCC. The van der Waals surface area contributed by atoms with Gasteiger partial charge in [-0.2, -0.15) is 0 Å². The van der Waals surface area contributed by atoms with E-state index in [1.165, 1.54) is 12.8 Å². The Morgan fingerprint density at radius 2 is 2.15 bits per heavy atom. The normalized spacial score (nSPS) is 14.5. The molecule has 0 saturated heterocycles. The van der Waals surface area contributed by atoms with Crippen molar-refractivity contribution in [3.05, 3.63) is 0 Å². The number of nitrogens with one attached hydrogen (secondary N) is 1. The molecule has 0 rings (SSSR count). The van der Waals surface area contributed by atoms with E-state index in [2.05, 4.69) is 31.0 Å². The van der Waals surface area contributed by atoms with Crippen molar-refractivity contribution in [1.29, 1.82) is 0 Å². The minimum atomic E-state index is 0.417. The Bertz CT molecular complexity index is 167. The van der Waals surface area contributed by atoms with Gasteiger partial charge in [-0.1, -0.05) is 26.2 Å². The third-order valence-corrected chi connectivity index (χ3v) is 2.31. The van der Waals surface area contributed by atoms with Gasteiger partial charge in [0.25, 0.3) is 0 Å². The molecule has 0 radical (unpaired) electrons. The first-order valence-corrected chi connectivity index (χ1v) is 5.09. The van der Waals surface area contributed by atoms with Gasteiger partial charge in [-0.3, -0.25) is 0 Å². The lowest BCUT2D eigenvalue weighted by molar-refractivity contribution is 0.372. The van der Waals surface area contributed by atoms with Crippen molar-refractivity contribution < 1.29 is 0 Å². The Hall–Kier alpha value is -0.520. The highest BCUT2D eigenvalue weighted by molar-refractivity contribution is 4.98. The molecule has 0 spiro atoms. The molecule has 2 atom stereocenters. The van der Waals surface area contributed by atoms with Gasteiger partial charge >= 0.3 is 0 Å². The Labute approximate surface area is 82.3 Å². The molecule has 0 aliphatic rings. The summed E-state index contributed by atoms with van der Waals surface area (Å²) in [5, 5.41) is 3.36. The maximum atomic E-state index is 5.68.